The van der Waals surface area contributed by atoms with Crippen molar-refractivity contribution >= 4 is 23.5 Å². The average Bonchev–Trinajstić information content (AvgIpc) is 2.68. The van der Waals surface area contributed by atoms with Crippen LogP contribution in [-0.4, -0.2) is 63.4 Å². The van der Waals surface area contributed by atoms with Gasteiger partial charge in [-0.1, -0.05) is 0 Å². The van der Waals surface area contributed by atoms with Gasteiger partial charge in [-0.3, -0.25) is 14.7 Å². The molecule has 0 aliphatic carbocycles. The fraction of sp³-hybridized carbons (Fsp3) is 0.421. The van der Waals surface area contributed by atoms with E-state index in [0.29, 0.717) is 37.7 Å². The Balaban J connectivity index is 1.53. The zero-order valence-corrected chi connectivity index (χ0v) is 15.4. The molecule has 2 aromatic rings. The summed E-state index contributed by atoms with van der Waals surface area (Å²) in [5.41, 5.74) is 1.58. The Morgan fingerprint density at radius 1 is 1.18 bits per heavy atom. The number of anilines is 2. The first kappa shape index (κ1) is 18.3. The summed E-state index contributed by atoms with van der Waals surface area (Å²) in [4.78, 5) is 31.6. The highest BCUT2D eigenvalue weighted by Gasteiger charge is 2.32. The van der Waals surface area contributed by atoms with Gasteiger partial charge in [0.1, 0.15) is 0 Å². The predicted molar refractivity (Wildman–Crippen MR) is 101 cm³/mol. The summed E-state index contributed by atoms with van der Waals surface area (Å²) < 4.78 is 0. The first-order chi connectivity index (χ1) is 13.6. The number of nitrogens with zero attached hydrogens (tertiary/aromatic N) is 5. The van der Waals surface area contributed by atoms with Crippen LogP contribution in [0.25, 0.3) is 0 Å². The summed E-state index contributed by atoms with van der Waals surface area (Å²) in [5.74, 6) is 0.593. The van der Waals surface area contributed by atoms with Gasteiger partial charge in [0.15, 0.2) is 5.82 Å². The molecular weight excluding hydrogens is 360 g/mol. The largest absolute Gasteiger partial charge is 0.465 e. The van der Waals surface area contributed by atoms with E-state index >= 15 is 0 Å². The Morgan fingerprint density at radius 2 is 1.96 bits per heavy atom. The van der Waals surface area contributed by atoms with E-state index in [4.69, 9.17) is 5.11 Å². The summed E-state index contributed by atoms with van der Waals surface area (Å²) in [6.07, 6.45) is 3.89. The number of pyridine rings is 1. The van der Waals surface area contributed by atoms with Crippen LogP contribution in [0.4, 0.5) is 16.3 Å². The molecule has 146 valence electrons. The van der Waals surface area contributed by atoms with E-state index in [2.05, 4.69) is 20.5 Å². The number of likely N-dealkylation sites (tertiary alicyclic amines) is 1. The summed E-state index contributed by atoms with van der Waals surface area (Å²) in [7, 11) is 0. The maximum atomic E-state index is 12.9. The number of nitrogens with one attached hydrogen (secondary N) is 1. The van der Waals surface area contributed by atoms with E-state index < -0.39 is 6.09 Å². The van der Waals surface area contributed by atoms with E-state index in [1.165, 1.54) is 4.90 Å². The monoisotopic (exact) mass is 382 g/mol. The Kier molecular flexibility index (Phi) is 5.16. The minimum Gasteiger partial charge on any atom is -0.465 e. The van der Waals surface area contributed by atoms with Gasteiger partial charge in [-0.2, -0.15) is 5.10 Å². The quantitative estimate of drug-likeness (QED) is 0.826. The Labute approximate surface area is 162 Å². The molecule has 0 unspecified atom stereocenters. The van der Waals surface area contributed by atoms with Crippen molar-refractivity contribution in [2.45, 2.75) is 18.8 Å². The minimum atomic E-state index is -0.870. The molecule has 4 rings (SSSR count). The van der Waals surface area contributed by atoms with Crippen molar-refractivity contribution in [1.82, 2.24) is 25.4 Å². The Bertz CT molecular complexity index is 833. The molecule has 0 radical (unpaired) electrons. The fourth-order valence-electron chi connectivity index (χ4n) is 3.57. The minimum absolute atomic E-state index is 0.0245. The number of carbonyl (C=O) groups excluding carboxylic acids is 1. The lowest BCUT2D eigenvalue weighted by atomic mass is 9.93. The normalized spacial score (nSPS) is 17.8. The van der Waals surface area contributed by atoms with Gasteiger partial charge in [-0.05, 0) is 37.1 Å². The first-order valence-corrected chi connectivity index (χ1v) is 9.39. The summed E-state index contributed by atoms with van der Waals surface area (Å²) in [5, 5.41) is 20.2. The lowest BCUT2D eigenvalue weighted by molar-refractivity contribution is -0.123. The second kappa shape index (κ2) is 7.89. The van der Waals surface area contributed by atoms with Gasteiger partial charge in [0.2, 0.25) is 5.91 Å². The third kappa shape index (κ3) is 3.65. The smallest absolute Gasteiger partial charge is 0.407 e. The van der Waals surface area contributed by atoms with Gasteiger partial charge < -0.3 is 15.3 Å². The number of piperidine rings is 1. The second-order valence-electron chi connectivity index (χ2n) is 7.10. The third-order valence-electron chi connectivity index (χ3n) is 5.35. The molecule has 4 heterocycles. The number of carboxylic acid groups (broad SMARTS) is 1. The zero-order valence-electron chi connectivity index (χ0n) is 15.4. The molecule has 2 N–H and O–H groups in total. The molecule has 0 bridgehead atoms. The summed E-state index contributed by atoms with van der Waals surface area (Å²) in [6, 6.07) is 7.31. The van der Waals surface area contributed by atoms with Crippen LogP contribution in [0.2, 0.25) is 0 Å². The average molecular weight is 382 g/mol. The fourth-order valence-corrected chi connectivity index (χ4v) is 3.57. The lowest BCUT2D eigenvalue weighted by Gasteiger charge is -2.32. The summed E-state index contributed by atoms with van der Waals surface area (Å²) in [6.45, 7) is 2.34. The van der Waals surface area contributed by atoms with Crippen LogP contribution in [0.3, 0.4) is 0 Å². The van der Waals surface area contributed by atoms with E-state index in [1.807, 2.05) is 12.1 Å². The molecule has 0 aromatic carbocycles. The van der Waals surface area contributed by atoms with Gasteiger partial charge in [-0.15, -0.1) is 5.10 Å². The number of amides is 2. The summed E-state index contributed by atoms with van der Waals surface area (Å²) >= 11 is 0. The van der Waals surface area contributed by atoms with Crippen molar-refractivity contribution in [3.8, 4) is 0 Å². The molecule has 0 saturated carbocycles. The number of rotatable bonds is 4. The topological polar surface area (TPSA) is 112 Å². The molecular formula is C19H22N6O3. The molecule has 2 saturated heterocycles. The number of hydrogen-bond acceptors (Lipinski definition) is 6. The molecule has 2 aliphatic heterocycles. The molecule has 2 fully saturated rings. The number of hydrogen-bond donors (Lipinski definition) is 2. The molecule has 9 heteroatoms. The van der Waals surface area contributed by atoms with Crippen molar-refractivity contribution in [3.05, 3.63) is 42.4 Å². The first-order valence-electron chi connectivity index (χ1n) is 9.39. The highest BCUT2D eigenvalue weighted by molar-refractivity contribution is 6.01. The van der Waals surface area contributed by atoms with E-state index in [9.17, 15) is 9.59 Å². The van der Waals surface area contributed by atoms with Crippen molar-refractivity contribution in [1.29, 1.82) is 0 Å². The molecule has 2 aromatic heterocycles. The Hall–Kier alpha value is -3.07. The zero-order chi connectivity index (χ0) is 19.5. The van der Waals surface area contributed by atoms with Crippen LogP contribution >= 0.6 is 0 Å². The van der Waals surface area contributed by atoms with Crippen LogP contribution in [0.5, 0.6) is 0 Å². The third-order valence-corrected chi connectivity index (χ3v) is 5.35. The van der Waals surface area contributed by atoms with Crippen molar-refractivity contribution in [3.63, 3.8) is 0 Å². The molecule has 0 spiro atoms. The van der Waals surface area contributed by atoms with Crippen molar-refractivity contribution in [2.75, 3.05) is 31.1 Å². The Morgan fingerprint density at radius 3 is 2.50 bits per heavy atom. The highest BCUT2D eigenvalue weighted by Crippen LogP contribution is 2.30. The molecule has 2 aliphatic rings. The molecule has 28 heavy (non-hydrogen) atoms. The lowest BCUT2D eigenvalue weighted by Crippen LogP contribution is -2.51. The van der Waals surface area contributed by atoms with Gasteiger partial charge in [0.05, 0.1) is 17.8 Å². The standard InChI is InChI=1S/C19H22N6O3/c26-18(14-10-20-11-14)25(17-2-1-7-22-23-17)15-3-4-16(21-12-15)13-5-8-24(9-6-13)19(27)28/h1-4,7,12-14,20H,5-6,8-11H2,(H,27,28). The maximum Gasteiger partial charge on any atom is 0.407 e. The molecule has 2 amide bonds. The maximum absolute atomic E-state index is 12.9. The number of carbonyl (C=O) groups is 2. The van der Waals surface area contributed by atoms with Gasteiger partial charge in [-0.25, -0.2) is 4.79 Å². The predicted octanol–water partition coefficient (Wildman–Crippen LogP) is 1.61. The van der Waals surface area contributed by atoms with Crippen LogP contribution in [0.1, 0.15) is 24.5 Å². The van der Waals surface area contributed by atoms with Crippen LogP contribution in [-0.2, 0) is 4.79 Å². The van der Waals surface area contributed by atoms with E-state index in [-0.39, 0.29) is 17.7 Å². The van der Waals surface area contributed by atoms with Gasteiger partial charge >= 0.3 is 6.09 Å². The van der Waals surface area contributed by atoms with E-state index in [0.717, 1.165) is 18.5 Å². The SMILES string of the molecule is O=C(O)N1CCC(c2ccc(N(C(=O)C3CNC3)c3cccnn3)cn2)CC1. The molecule has 9 nitrogen and oxygen atoms in total. The van der Waals surface area contributed by atoms with Crippen LogP contribution < -0.4 is 10.2 Å². The van der Waals surface area contributed by atoms with E-state index in [1.54, 1.807) is 29.4 Å². The second-order valence-corrected chi connectivity index (χ2v) is 7.10. The van der Waals surface area contributed by atoms with Gasteiger partial charge in [0.25, 0.3) is 0 Å². The van der Waals surface area contributed by atoms with Crippen LogP contribution in [0, 0.1) is 5.92 Å². The number of aromatic nitrogens is 3. The molecule has 0 atom stereocenters. The van der Waals surface area contributed by atoms with Crippen molar-refractivity contribution in [2.24, 2.45) is 5.92 Å². The van der Waals surface area contributed by atoms with Crippen molar-refractivity contribution < 1.29 is 14.7 Å². The van der Waals surface area contributed by atoms with Gasteiger partial charge in [0, 0.05) is 44.0 Å². The van der Waals surface area contributed by atoms with Crippen LogP contribution in [0.15, 0.2) is 36.7 Å². The highest BCUT2D eigenvalue weighted by atomic mass is 16.4.